The van der Waals surface area contributed by atoms with Gasteiger partial charge in [0.15, 0.2) is 0 Å². The molecule has 2 aliphatic rings. The fourth-order valence-corrected chi connectivity index (χ4v) is 6.49. The Labute approximate surface area is 260 Å². The van der Waals surface area contributed by atoms with Crippen LogP contribution in [0.2, 0.25) is 0 Å². The van der Waals surface area contributed by atoms with Gasteiger partial charge in [-0.3, -0.25) is 29.8 Å². The molecular formula is C36H31N3O6. The molecular weight excluding hydrogens is 570 g/mol. The van der Waals surface area contributed by atoms with E-state index in [2.05, 4.69) is 5.32 Å². The molecule has 0 spiro atoms. The number of carboxylic acids is 1. The lowest BCUT2D eigenvalue weighted by molar-refractivity contribution is -0.384. The zero-order chi connectivity index (χ0) is 31.7. The maximum atomic E-state index is 14.2. The van der Waals surface area contributed by atoms with E-state index >= 15 is 0 Å². The van der Waals surface area contributed by atoms with Crippen molar-refractivity contribution in [3.05, 3.63) is 141 Å². The highest BCUT2D eigenvalue weighted by molar-refractivity contribution is 6.24. The SMILES string of the molecule is CCc1ccc(N2C(=O)C3C(c4ccc(C=Cc5ccccc5)cc4)NC(Cc4ccc([N+](=O)[O-])cc4)(C(=O)O)C3C2=O)cc1. The molecule has 9 heteroatoms. The Balaban J connectivity index is 1.39. The van der Waals surface area contributed by atoms with Gasteiger partial charge in [0, 0.05) is 24.6 Å². The largest absolute Gasteiger partial charge is 0.480 e. The van der Waals surface area contributed by atoms with Gasteiger partial charge in [0.1, 0.15) is 5.54 Å². The average Bonchev–Trinajstić information content (AvgIpc) is 3.54. The van der Waals surface area contributed by atoms with E-state index in [1.807, 2.05) is 85.8 Å². The van der Waals surface area contributed by atoms with Gasteiger partial charge < -0.3 is 5.11 Å². The second-order valence-corrected chi connectivity index (χ2v) is 11.4. The molecule has 4 atom stereocenters. The Morgan fingerprint density at radius 3 is 2.04 bits per heavy atom. The number of aliphatic carboxylic acids is 1. The van der Waals surface area contributed by atoms with Gasteiger partial charge in [0.2, 0.25) is 11.8 Å². The van der Waals surface area contributed by atoms with Crippen molar-refractivity contribution >= 4 is 41.3 Å². The van der Waals surface area contributed by atoms with Crippen molar-refractivity contribution in [3.8, 4) is 0 Å². The number of benzene rings is 4. The molecule has 4 aromatic carbocycles. The Morgan fingerprint density at radius 2 is 1.47 bits per heavy atom. The summed E-state index contributed by atoms with van der Waals surface area (Å²) < 4.78 is 0. The minimum Gasteiger partial charge on any atom is -0.480 e. The predicted molar refractivity (Wildman–Crippen MR) is 170 cm³/mol. The van der Waals surface area contributed by atoms with Gasteiger partial charge in [0.25, 0.3) is 5.69 Å². The third kappa shape index (κ3) is 5.42. The molecule has 0 bridgehead atoms. The number of nitrogens with one attached hydrogen (secondary N) is 1. The van der Waals surface area contributed by atoms with Gasteiger partial charge in [0.05, 0.1) is 22.4 Å². The summed E-state index contributed by atoms with van der Waals surface area (Å²) in [5, 5.41) is 25.2. The number of imide groups is 1. The molecule has 2 N–H and O–H groups in total. The van der Waals surface area contributed by atoms with Crippen LogP contribution in [0.15, 0.2) is 103 Å². The summed E-state index contributed by atoms with van der Waals surface area (Å²) in [5.74, 6) is -4.53. The first-order chi connectivity index (χ1) is 21.7. The monoisotopic (exact) mass is 601 g/mol. The van der Waals surface area contributed by atoms with Crippen LogP contribution in [0.4, 0.5) is 11.4 Å². The Bertz CT molecular complexity index is 1790. The van der Waals surface area contributed by atoms with E-state index in [1.54, 1.807) is 12.1 Å². The number of hydrogen-bond donors (Lipinski definition) is 2. The number of non-ortho nitro benzene ring substituents is 1. The van der Waals surface area contributed by atoms with Crippen LogP contribution >= 0.6 is 0 Å². The van der Waals surface area contributed by atoms with Gasteiger partial charge >= 0.3 is 5.97 Å². The summed E-state index contributed by atoms with van der Waals surface area (Å²) in [6.45, 7) is 2.00. The van der Waals surface area contributed by atoms with Crippen molar-refractivity contribution < 1.29 is 24.4 Å². The number of hydrogen-bond acceptors (Lipinski definition) is 6. The van der Waals surface area contributed by atoms with Crippen LogP contribution < -0.4 is 10.2 Å². The lowest BCUT2D eigenvalue weighted by Gasteiger charge is -2.31. The summed E-state index contributed by atoms with van der Waals surface area (Å²) in [6.07, 6.45) is 4.58. The standard InChI is InChI=1S/C36H31N3O6/c1-2-23-12-18-28(19-13-23)38-33(40)30-31(34(38)41)36(35(42)43,22-26-14-20-29(21-15-26)39(44)45)37-32(30)27-16-10-25(11-17-27)9-8-24-6-4-3-5-7-24/h3-21,30-32,37H,2,22H2,1H3,(H,42,43). The normalized spacial score (nSPS) is 22.6. The number of amides is 2. The van der Waals surface area contributed by atoms with Crippen molar-refractivity contribution in [2.24, 2.45) is 11.8 Å². The van der Waals surface area contributed by atoms with Gasteiger partial charge in [-0.1, -0.05) is 97.9 Å². The van der Waals surface area contributed by atoms with E-state index < -0.39 is 46.1 Å². The molecule has 6 rings (SSSR count). The minimum absolute atomic E-state index is 0.131. The number of rotatable bonds is 9. The molecule has 226 valence electrons. The van der Waals surface area contributed by atoms with Crippen molar-refractivity contribution in [2.75, 3.05) is 4.90 Å². The molecule has 0 aliphatic carbocycles. The molecule has 2 saturated heterocycles. The number of anilines is 1. The molecule has 2 fully saturated rings. The number of carbonyl (C=O) groups is 3. The quantitative estimate of drug-likeness (QED) is 0.107. The van der Waals surface area contributed by atoms with E-state index in [-0.39, 0.29) is 12.1 Å². The van der Waals surface area contributed by atoms with Crippen molar-refractivity contribution in [1.82, 2.24) is 5.32 Å². The fourth-order valence-electron chi connectivity index (χ4n) is 6.49. The van der Waals surface area contributed by atoms with Crippen molar-refractivity contribution in [3.63, 3.8) is 0 Å². The first-order valence-corrected chi connectivity index (χ1v) is 14.8. The third-order valence-corrected chi connectivity index (χ3v) is 8.83. The van der Waals surface area contributed by atoms with Crippen LogP contribution in [0.5, 0.6) is 0 Å². The third-order valence-electron chi connectivity index (χ3n) is 8.83. The highest BCUT2D eigenvalue weighted by Gasteiger charge is 2.68. The molecule has 45 heavy (non-hydrogen) atoms. The molecule has 2 aliphatic heterocycles. The molecule has 9 nitrogen and oxygen atoms in total. The summed E-state index contributed by atoms with van der Waals surface area (Å²) in [4.78, 5) is 53.3. The van der Waals surface area contributed by atoms with Crippen LogP contribution in [-0.4, -0.2) is 33.4 Å². The number of nitro benzene ring substituents is 1. The lowest BCUT2D eigenvalue weighted by atomic mass is 9.76. The maximum absolute atomic E-state index is 14.2. The topological polar surface area (TPSA) is 130 Å². The van der Waals surface area contributed by atoms with Gasteiger partial charge in [-0.05, 0) is 46.4 Å². The zero-order valence-corrected chi connectivity index (χ0v) is 24.5. The van der Waals surface area contributed by atoms with Crippen LogP contribution in [0.1, 0.15) is 40.8 Å². The summed E-state index contributed by atoms with van der Waals surface area (Å²) in [6, 6.07) is 29.3. The summed E-state index contributed by atoms with van der Waals surface area (Å²) >= 11 is 0. The van der Waals surface area contributed by atoms with E-state index in [9.17, 15) is 29.6 Å². The lowest BCUT2D eigenvalue weighted by Crippen LogP contribution is -2.57. The summed E-state index contributed by atoms with van der Waals surface area (Å²) in [7, 11) is 0. The van der Waals surface area contributed by atoms with E-state index in [4.69, 9.17) is 0 Å². The van der Waals surface area contributed by atoms with Gasteiger partial charge in [-0.25, -0.2) is 4.90 Å². The minimum atomic E-state index is -1.85. The molecule has 2 heterocycles. The molecule has 0 aromatic heterocycles. The Kier molecular flexibility index (Phi) is 7.87. The molecule has 4 aromatic rings. The highest BCUT2D eigenvalue weighted by Crippen LogP contribution is 2.51. The number of fused-ring (bicyclic) bond motifs is 1. The predicted octanol–water partition coefficient (Wildman–Crippen LogP) is 5.84. The number of carboxylic acid groups (broad SMARTS) is 1. The maximum Gasteiger partial charge on any atom is 0.325 e. The molecule has 2 amide bonds. The van der Waals surface area contributed by atoms with E-state index in [1.165, 1.54) is 24.3 Å². The second-order valence-electron chi connectivity index (χ2n) is 11.4. The molecule has 0 saturated carbocycles. The highest BCUT2D eigenvalue weighted by atomic mass is 16.6. The summed E-state index contributed by atoms with van der Waals surface area (Å²) in [5.41, 5.74) is 2.58. The first kappa shape index (κ1) is 29.7. The number of nitrogens with zero attached hydrogens (tertiary/aromatic N) is 2. The van der Waals surface area contributed by atoms with Crippen LogP contribution in [0, 0.1) is 22.0 Å². The molecule has 0 radical (unpaired) electrons. The van der Waals surface area contributed by atoms with Gasteiger partial charge in [-0.15, -0.1) is 0 Å². The molecule has 4 unspecified atom stereocenters. The van der Waals surface area contributed by atoms with E-state index in [0.29, 0.717) is 16.8 Å². The first-order valence-electron chi connectivity index (χ1n) is 14.8. The number of nitro groups is 1. The zero-order valence-electron chi connectivity index (χ0n) is 24.5. The smallest absolute Gasteiger partial charge is 0.325 e. The Morgan fingerprint density at radius 1 is 0.867 bits per heavy atom. The van der Waals surface area contributed by atoms with Crippen LogP contribution in [0.3, 0.4) is 0 Å². The van der Waals surface area contributed by atoms with E-state index in [0.717, 1.165) is 28.0 Å². The fraction of sp³-hybridized carbons (Fsp3) is 0.194. The van der Waals surface area contributed by atoms with Crippen LogP contribution in [-0.2, 0) is 27.2 Å². The van der Waals surface area contributed by atoms with Gasteiger partial charge in [-0.2, -0.15) is 0 Å². The van der Waals surface area contributed by atoms with Crippen molar-refractivity contribution in [1.29, 1.82) is 0 Å². The Hall–Kier alpha value is -5.41. The van der Waals surface area contributed by atoms with Crippen LogP contribution in [0.25, 0.3) is 12.2 Å². The van der Waals surface area contributed by atoms with Crippen molar-refractivity contribution in [2.45, 2.75) is 31.3 Å². The number of carbonyl (C=O) groups excluding carboxylic acids is 2. The number of aryl methyl sites for hydroxylation is 1. The second kappa shape index (κ2) is 11.9. The average molecular weight is 602 g/mol.